The number of aryl methyl sites for hydroxylation is 1. The Morgan fingerprint density at radius 3 is 2.76 bits per heavy atom. The van der Waals surface area contributed by atoms with Gasteiger partial charge in [0.1, 0.15) is 6.10 Å². The van der Waals surface area contributed by atoms with Crippen LogP contribution in [0.1, 0.15) is 48.0 Å². The molecule has 0 amide bonds. The first-order valence-electron chi connectivity index (χ1n) is 7.56. The number of ether oxygens (including phenoxy) is 1. The van der Waals surface area contributed by atoms with Gasteiger partial charge in [0, 0.05) is 13.3 Å². The van der Waals surface area contributed by atoms with Gasteiger partial charge in [-0.2, -0.15) is 0 Å². The smallest absolute Gasteiger partial charge is 0.338 e. The van der Waals surface area contributed by atoms with E-state index < -0.39 is 8.03 Å². The SMILES string of the molecule is CO[PH](=O)CCc1cccc(C(=O)OC2CCCCC2)c1. The fourth-order valence-electron chi connectivity index (χ4n) is 2.60. The van der Waals surface area contributed by atoms with E-state index in [4.69, 9.17) is 9.26 Å². The lowest BCUT2D eigenvalue weighted by Gasteiger charge is -2.21. The molecule has 1 fully saturated rings. The quantitative estimate of drug-likeness (QED) is 0.592. The highest BCUT2D eigenvalue weighted by molar-refractivity contribution is 7.39. The van der Waals surface area contributed by atoms with Crippen LogP contribution in [0.2, 0.25) is 0 Å². The van der Waals surface area contributed by atoms with Crippen molar-refractivity contribution < 1.29 is 18.6 Å². The lowest BCUT2D eigenvalue weighted by Crippen LogP contribution is -2.21. The zero-order valence-corrected chi connectivity index (χ0v) is 13.5. The van der Waals surface area contributed by atoms with E-state index >= 15 is 0 Å². The van der Waals surface area contributed by atoms with Crippen molar-refractivity contribution in [2.75, 3.05) is 13.3 Å². The molecule has 0 spiro atoms. The van der Waals surface area contributed by atoms with E-state index in [1.165, 1.54) is 13.5 Å². The van der Waals surface area contributed by atoms with Crippen LogP contribution in [0, 0.1) is 0 Å². The summed E-state index contributed by atoms with van der Waals surface area (Å²) in [5.41, 5.74) is 1.57. The minimum absolute atomic E-state index is 0.0693. The van der Waals surface area contributed by atoms with E-state index in [0.717, 1.165) is 31.2 Å². The summed E-state index contributed by atoms with van der Waals surface area (Å²) in [6.07, 6.45) is 6.69. The Labute approximate surface area is 126 Å². The molecule has 4 nitrogen and oxygen atoms in total. The van der Waals surface area contributed by atoms with Crippen LogP contribution in [0.15, 0.2) is 24.3 Å². The van der Waals surface area contributed by atoms with Crippen LogP contribution in [0.4, 0.5) is 0 Å². The van der Waals surface area contributed by atoms with E-state index in [9.17, 15) is 9.36 Å². The third-order valence-corrected chi connectivity index (χ3v) is 4.95. The molecule has 0 bridgehead atoms. The molecule has 1 aliphatic carbocycles. The number of carbonyl (C=O) groups excluding carboxylic acids is 1. The molecule has 1 aliphatic rings. The highest BCUT2D eigenvalue weighted by Crippen LogP contribution is 2.23. The number of esters is 1. The van der Waals surface area contributed by atoms with Gasteiger partial charge in [0.25, 0.3) is 0 Å². The van der Waals surface area contributed by atoms with Crippen LogP contribution in [-0.2, 0) is 20.2 Å². The molecule has 1 saturated carbocycles. The molecular weight excluding hydrogens is 287 g/mol. The van der Waals surface area contributed by atoms with Gasteiger partial charge in [-0.1, -0.05) is 18.6 Å². The van der Waals surface area contributed by atoms with Crippen LogP contribution in [0.25, 0.3) is 0 Å². The lowest BCUT2D eigenvalue weighted by atomic mass is 9.98. The summed E-state index contributed by atoms with van der Waals surface area (Å²) in [5.74, 6) is -0.247. The van der Waals surface area contributed by atoms with Crippen LogP contribution in [0.5, 0.6) is 0 Å². The van der Waals surface area contributed by atoms with Gasteiger partial charge >= 0.3 is 5.97 Å². The number of hydrogen-bond donors (Lipinski definition) is 0. The van der Waals surface area contributed by atoms with Gasteiger partial charge in [0.15, 0.2) is 8.03 Å². The van der Waals surface area contributed by atoms with Gasteiger partial charge in [0.05, 0.1) is 5.56 Å². The Morgan fingerprint density at radius 1 is 1.29 bits per heavy atom. The maximum absolute atomic E-state index is 12.2. The summed E-state index contributed by atoms with van der Waals surface area (Å²) >= 11 is 0. The van der Waals surface area contributed by atoms with Gasteiger partial charge in [-0.05, 0) is 49.8 Å². The Kier molecular flexibility index (Phi) is 6.47. The number of hydrogen-bond acceptors (Lipinski definition) is 4. The Hall–Kier alpha value is -1.12. The van der Waals surface area contributed by atoms with Crippen molar-refractivity contribution in [1.82, 2.24) is 0 Å². The Balaban J connectivity index is 1.92. The third-order valence-electron chi connectivity index (χ3n) is 3.83. The average molecular weight is 310 g/mol. The Morgan fingerprint density at radius 2 is 2.05 bits per heavy atom. The normalized spacial score (nSPS) is 17.4. The molecule has 1 aromatic rings. The summed E-state index contributed by atoms with van der Waals surface area (Å²) in [6, 6.07) is 7.38. The summed E-state index contributed by atoms with van der Waals surface area (Å²) in [4.78, 5) is 12.2. The van der Waals surface area contributed by atoms with E-state index in [1.54, 1.807) is 6.07 Å². The molecule has 0 aliphatic heterocycles. The monoisotopic (exact) mass is 310 g/mol. The van der Waals surface area contributed by atoms with E-state index in [2.05, 4.69) is 0 Å². The molecule has 1 aromatic carbocycles. The number of carbonyl (C=O) groups is 1. The first kappa shape index (κ1) is 16.3. The topological polar surface area (TPSA) is 52.6 Å². The third kappa shape index (κ3) is 5.29. The molecular formula is C16H23O4P. The second kappa shape index (κ2) is 8.35. The standard InChI is InChI=1S/C16H23O4P/c1-19-21(18)11-10-13-6-5-7-14(12-13)16(17)20-15-8-3-2-4-9-15/h5-7,12,15,21H,2-4,8-11H2,1H3. The molecule has 116 valence electrons. The maximum Gasteiger partial charge on any atom is 0.338 e. The van der Waals surface area contributed by atoms with Crippen LogP contribution in [0.3, 0.4) is 0 Å². The number of benzene rings is 1. The highest BCUT2D eigenvalue weighted by Gasteiger charge is 2.18. The molecule has 0 N–H and O–H groups in total. The van der Waals surface area contributed by atoms with Crippen molar-refractivity contribution in [3.8, 4) is 0 Å². The molecule has 0 aromatic heterocycles. The molecule has 2 rings (SSSR count). The fraction of sp³-hybridized carbons (Fsp3) is 0.562. The van der Waals surface area contributed by atoms with Gasteiger partial charge < -0.3 is 9.26 Å². The van der Waals surface area contributed by atoms with Crippen molar-refractivity contribution in [3.05, 3.63) is 35.4 Å². The molecule has 1 atom stereocenters. The largest absolute Gasteiger partial charge is 0.459 e. The first-order valence-corrected chi connectivity index (χ1v) is 9.08. The van der Waals surface area contributed by atoms with Crippen LogP contribution in [-0.4, -0.2) is 25.3 Å². The summed E-state index contributed by atoms with van der Waals surface area (Å²) < 4.78 is 21.7. The minimum Gasteiger partial charge on any atom is -0.459 e. The van der Waals surface area contributed by atoms with Crippen molar-refractivity contribution in [2.45, 2.75) is 44.6 Å². The molecule has 5 heteroatoms. The zero-order chi connectivity index (χ0) is 15.1. The minimum atomic E-state index is -1.95. The van der Waals surface area contributed by atoms with Crippen molar-refractivity contribution in [1.29, 1.82) is 0 Å². The highest BCUT2D eigenvalue weighted by atomic mass is 31.1. The van der Waals surface area contributed by atoms with Crippen molar-refractivity contribution >= 4 is 14.0 Å². The second-order valence-corrected chi connectivity index (χ2v) is 7.09. The first-order chi connectivity index (χ1) is 10.2. The van der Waals surface area contributed by atoms with E-state index in [-0.39, 0.29) is 12.1 Å². The van der Waals surface area contributed by atoms with E-state index in [0.29, 0.717) is 18.1 Å². The predicted molar refractivity (Wildman–Crippen MR) is 83.3 cm³/mol. The molecule has 1 unspecified atom stereocenters. The van der Waals surface area contributed by atoms with E-state index in [1.807, 2.05) is 18.2 Å². The molecule has 0 saturated heterocycles. The summed E-state index contributed by atoms with van der Waals surface area (Å²) in [6.45, 7) is 0. The zero-order valence-electron chi connectivity index (χ0n) is 12.5. The summed E-state index contributed by atoms with van der Waals surface area (Å²) in [5, 5.41) is 0. The maximum atomic E-state index is 12.2. The second-order valence-electron chi connectivity index (χ2n) is 5.44. The van der Waals surface area contributed by atoms with Crippen LogP contribution < -0.4 is 0 Å². The molecule has 0 heterocycles. The molecule has 0 radical (unpaired) electrons. The van der Waals surface area contributed by atoms with Gasteiger partial charge in [0.2, 0.25) is 0 Å². The van der Waals surface area contributed by atoms with Gasteiger partial charge in [-0.25, -0.2) is 4.79 Å². The number of rotatable bonds is 6. The average Bonchev–Trinajstić information content (AvgIpc) is 2.53. The van der Waals surface area contributed by atoms with Crippen molar-refractivity contribution in [3.63, 3.8) is 0 Å². The summed E-state index contributed by atoms with van der Waals surface area (Å²) in [7, 11) is -0.490. The fourth-order valence-corrected chi connectivity index (χ4v) is 3.30. The predicted octanol–water partition coefficient (Wildman–Crippen LogP) is 3.84. The lowest BCUT2D eigenvalue weighted by molar-refractivity contribution is 0.0211. The van der Waals surface area contributed by atoms with Gasteiger partial charge in [-0.3, -0.25) is 4.57 Å². The van der Waals surface area contributed by atoms with Crippen LogP contribution >= 0.6 is 8.03 Å². The van der Waals surface area contributed by atoms with Gasteiger partial charge in [-0.15, -0.1) is 0 Å². The molecule has 21 heavy (non-hydrogen) atoms. The Bertz CT molecular complexity index is 495. The van der Waals surface area contributed by atoms with Crippen molar-refractivity contribution in [2.24, 2.45) is 0 Å².